The number of aromatic nitrogens is 3. The van der Waals surface area contributed by atoms with Crippen molar-refractivity contribution in [3.63, 3.8) is 0 Å². The Hall–Kier alpha value is -3.53. The minimum absolute atomic E-state index is 0.0324. The topological polar surface area (TPSA) is 98.3 Å². The van der Waals surface area contributed by atoms with Gasteiger partial charge in [0.15, 0.2) is 5.82 Å². The first-order valence-electron chi connectivity index (χ1n) is 14.6. The zero-order valence-electron chi connectivity index (χ0n) is 25.1. The Labute approximate surface area is 263 Å². The molecule has 0 atom stereocenters. The zero-order chi connectivity index (χ0) is 30.8. The van der Waals surface area contributed by atoms with E-state index in [9.17, 15) is 9.59 Å². The number of nitrogens with one attached hydrogen (secondary N) is 3. The number of rotatable bonds is 16. The van der Waals surface area contributed by atoms with Crippen molar-refractivity contribution in [2.75, 3.05) is 62.3 Å². The highest BCUT2D eigenvalue weighted by Crippen LogP contribution is 2.25. The van der Waals surface area contributed by atoms with E-state index in [1.54, 1.807) is 6.07 Å². The van der Waals surface area contributed by atoms with E-state index in [1.165, 1.54) is 5.56 Å². The van der Waals surface area contributed by atoms with E-state index in [-0.39, 0.29) is 11.8 Å². The molecule has 9 nitrogen and oxygen atoms in total. The Morgan fingerprint density at radius 3 is 2.42 bits per heavy atom. The van der Waals surface area contributed by atoms with Crippen molar-refractivity contribution in [1.29, 1.82) is 0 Å². The van der Waals surface area contributed by atoms with Gasteiger partial charge in [0, 0.05) is 62.3 Å². The summed E-state index contributed by atoms with van der Waals surface area (Å²) < 4.78 is 1.92. The molecule has 0 bridgehead atoms. The lowest BCUT2D eigenvalue weighted by Crippen LogP contribution is -2.27. The van der Waals surface area contributed by atoms with E-state index in [1.807, 2.05) is 50.1 Å². The lowest BCUT2D eigenvalue weighted by atomic mass is 10.1. The number of benzene rings is 2. The Kier molecular flexibility index (Phi) is 11.9. The van der Waals surface area contributed by atoms with Gasteiger partial charge >= 0.3 is 0 Å². The van der Waals surface area contributed by atoms with Crippen LogP contribution in [-0.4, -0.2) is 83.3 Å². The molecule has 0 aliphatic carbocycles. The summed E-state index contributed by atoms with van der Waals surface area (Å²) in [7, 11) is 5.94. The van der Waals surface area contributed by atoms with Gasteiger partial charge in [0.2, 0.25) is 5.91 Å². The van der Waals surface area contributed by atoms with E-state index in [0.717, 1.165) is 61.3 Å². The minimum atomic E-state index is -0.103. The Balaban J connectivity index is 1.30. The fourth-order valence-corrected chi connectivity index (χ4v) is 5.37. The number of H-pyrrole nitrogens is 1. The summed E-state index contributed by atoms with van der Waals surface area (Å²) in [4.78, 5) is 37.6. The second-order valence-electron chi connectivity index (χ2n) is 10.9. The molecule has 43 heavy (non-hydrogen) atoms. The molecule has 2 amide bonds. The number of hydrogen-bond donors (Lipinski definition) is 3. The quantitative estimate of drug-likeness (QED) is 0.113. The highest BCUT2D eigenvalue weighted by molar-refractivity contribution is 6.18. The van der Waals surface area contributed by atoms with Crippen LogP contribution in [0.3, 0.4) is 0 Å². The highest BCUT2D eigenvalue weighted by atomic mass is 35.5. The number of aromatic amines is 1. The van der Waals surface area contributed by atoms with Crippen molar-refractivity contribution in [3.05, 3.63) is 65.9 Å². The van der Waals surface area contributed by atoms with Crippen LogP contribution in [0.2, 0.25) is 0 Å². The molecule has 0 saturated heterocycles. The standard InChI is InChI=1S/C32H41Cl2N7O2/c1-39(2)17-5-16-35-32(43)24-10-13-27-28(20-24)38-31(37-27)29-21-25(22-40(29)3)36-30(42)7-4-6-23-8-11-26(12-9-23)41(18-14-33)19-15-34/h8-13,20-22H,4-7,14-19H2,1-3H3,(H,35,43)(H,36,42)(H,37,38). The van der Waals surface area contributed by atoms with Gasteiger partial charge in [-0.3, -0.25) is 9.59 Å². The van der Waals surface area contributed by atoms with Crippen molar-refractivity contribution in [2.24, 2.45) is 7.05 Å². The fraction of sp³-hybridized carbons (Fsp3) is 0.406. The summed E-state index contributed by atoms with van der Waals surface area (Å²) in [6, 6.07) is 15.7. The smallest absolute Gasteiger partial charge is 0.251 e. The van der Waals surface area contributed by atoms with Crippen LogP contribution in [-0.2, 0) is 18.3 Å². The van der Waals surface area contributed by atoms with E-state index < -0.39 is 0 Å². The van der Waals surface area contributed by atoms with Crippen LogP contribution in [0, 0.1) is 0 Å². The van der Waals surface area contributed by atoms with Crippen molar-refractivity contribution in [2.45, 2.75) is 25.7 Å². The number of anilines is 2. The third kappa shape index (κ3) is 9.23. The van der Waals surface area contributed by atoms with E-state index in [0.29, 0.717) is 41.8 Å². The average Bonchev–Trinajstić information content (AvgIpc) is 3.57. The second kappa shape index (κ2) is 15.8. The third-order valence-electron chi connectivity index (χ3n) is 7.22. The first kappa shape index (κ1) is 32.4. The van der Waals surface area contributed by atoms with Crippen LogP contribution < -0.4 is 15.5 Å². The molecule has 2 aromatic carbocycles. The summed E-state index contributed by atoms with van der Waals surface area (Å²) in [5.74, 6) is 1.63. The lowest BCUT2D eigenvalue weighted by Gasteiger charge is -2.23. The molecule has 0 spiro atoms. The summed E-state index contributed by atoms with van der Waals surface area (Å²) in [6.07, 6.45) is 4.74. The van der Waals surface area contributed by atoms with Gasteiger partial charge in [0.25, 0.3) is 5.91 Å². The first-order chi connectivity index (χ1) is 20.8. The number of halogens is 2. The first-order valence-corrected chi connectivity index (χ1v) is 15.7. The maximum absolute atomic E-state index is 12.7. The Bertz CT molecular complexity index is 1490. The van der Waals surface area contributed by atoms with Crippen LogP contribution in [0.25, 0.3) is 22.6 Å². The average molecular weight is 627 g/mol. The highest BCUT2D eigenvalue weighted by Gasteiger charge is 2.14. The van der Waals surface area contributed by atoms with Crippen LogP contribution in [0.5, 0.6) is 0 Å². The van der Waals surface area contributed by atoms with Gasteiger partial charge in [-0.05, 0) is 81.9 Å². The molecule has 0 saturated carbocycles. The summed E-state index contributed by atoms with van der Waals surface area (Å²) in [5.41, 5.74) is 5.96. The van der Waals surface area contributed by atoms with Gasteiger partial charge in [-0.15, -0.1) is 23.2 Å². The summed E-state index contributed by atoms with van der Waals surface area (Å²) in [5, 5.41) is 5.98. The minimum Gasteiger partial charge on any atom is -0.369 e. The molecule has 2 heterocycles. The van der Waals surface area contributed by atoms with E-state index >= 15 is 0 Å². The lowest BCUT2D eigenvalue weighted by molar-refractivity contribution is -0.116. The SMILES string of the molecule is CN(C)CCCNC(=O)c1ccc2nc(-c3cc(NC(=O)CCCc4ccc(N(CCCl)CCCl)cc4)cn3C)[nH]c2c1. The van der Waals surface area contributed by atoms with Crippen LogP contribution >= 0.6 is 23.2 Å². The number of aryl methyl sites for hydroxylation is 2. The molecule has 0 fully saturated rings. The summed E-state index contributed by atoms with van der Waals surface area (Å²) in [6.45, 7) is 3.05. The molecule has 0 unspecified atom stereocenters. The zero-order valence-corrected chi connectivity index (χ0v) is 26.6. The molecule has 4 rings (SSSR count). The Morgan fingerprint density at radius 2 is 1.72 bits per heavy atom. The monoisotopic (exact) mass is 625 g/mol. The molecule has 11 heteroatoms. The predicted molar refractivity (Wildman–Crippen MR) is 178 cm³/mol. The predicted octanol–water partition coefficient (Wildman–Crippen LogP) is 5.50. The van der Waals surface area contributed by atoms with Gasteiger partial charge in [-0.2, -0.15) is 0 Å². The molecular formula is C32H41Cl2N7O2. The molecule has 3 N–H and O–H groups in total. The number of alkyl halides is 2. The number of fused-ring (bicyclic) bond motifs is 1. The molecular weight excluding hydrogens is 585 g/mol. The normalized spacial score (nSPS) is 11.3. The number of carbonyl (C=O) groups excluding carboxylic acids is 2. The Morgan fingerprint density at radius 1 is 0.977 bits per heavy atom. The number of carbonyl (C=O) groups is 2. The van der Waals surface area contributed by atoms with Crippen LogP contribution in [0.4, 0.5) is 11.4 Å². The summed E-state index contributed by atoms with van der Waals surface area (Å²) >= 11 is 11.8. The van der Waals surface area contributed by atoms with E-state index in [2.05, 4.69) is 49.7 Å². The molecule has 0 aliphatic rings. The maximum atomic E-state index is 12.7. The second-order valence-corrected chi connectivity index (χ2v) is 11.6. The largest absolute Gasteiger partial charge is 0.369 e. The number of hydrogen-bond acceptors (Lipinski definition) is 5. The molecule has 4 aromatic rings. The van der Waals surface area contributed by atoms with Gasteiger partial charge in [-0.1, -0.05) is 12.1 Å². The van der Waals surface area contributed by atoms with Gasteiger partial charge in [0.1, 0.15) is 0 Å². The molecule has 2 aromatic heterocycles. The van der Waals surface area contributed by atoms with Gasteiger partial charge in [-0.25, -0.2) is 4.98 Å². The number of imidazole rings is 1. The van der Waals surface area contributed by atoms with Crippen molar-refractivity contribution in [1.82, 2.24) is 24.8 Å². The maximum Gasteiger partial charge on any atom is 0.251 e. The molecule has 0 aliphatic heterocycles. The van der Waals surface area contributed by atoms with Gasteiger partial charge < -0.3 is 30.0 Å². The fourth-order valence-electron chi connectivity index (χ4n) is 4.96. The number of amides is 2. The van der Waals surface area contributed by atoms with E-state index in [4.69, 9.17) is 28.2 Å². The van der Waals surface area contributed by atoms with Crippen LogP contribution in [0.15, 0.2) is 54.7 Å². The van der Waals surface area contributed by atoms with Gasteiger partial charge in [0.05, 0.1) is 22.4 Å². The van der Waals surface area contributed by atoms with Crippen molar-refractivity contribution in [3.8, 4) is 11.5 Å². The molecule has 0 radical (unpaired) electrons. The van der Waals surface area contributed by atoms with Crippen molar-refractivity contribution < 1.29 is 9.59 Å². The van der Waals surface area contributed by atoms with Crippen LogP contribution in [0.1, 0.15) is 35.2 Å². The number of nitrogens with zero attached hydrogens (tertiary/aromatic N) is 4. The van der Waals surface area contributed by atoms with Crippen molar-refractivity contribution >= 4 is 57.4 Å². The third-order valence-corrected chi connectivity index (χ3v) is 7.56. The molecule has 230 valence electrons.